The number of aromatic amines is 2. The lowest BCUT2D eigenvalue weighted by molar-refractivity contribution is -0.142. The molecule has 16 heteroatoms. The van der Waals surface area contributed by atoms with Gasteiger partial charge in [-0.3, -0.25) is 19.4 Å². The third kappa shape index (κ3) is 10.3. The van der Waals surface area contributed by atoms with Crippen LogP contribution in [0, 0.1) is 0 Å². The van der Waals surface area contributed by atoms with Gasteiger partial charge < -0.3 is 48.2 Å². The first-order valence-electron chi connectivity index (χ1n) is 14.0. The number of rotatable bonds is 18. The summed E-state index contributed by atoms with van der Waals surface area (Å²) in [5.74, 6) is -2.63. The summed E-state index contributed by atoms with van der Waals surface area (Å²) in [6.45, 7) is 0.293. The van der Waals surface area contributed by atoms with Crippen molar-refractivity contribution in [3.05, 3.63) is 54.2 Å². The van der Waals surface area contributed by atoms with E-state index in [1.54, 1.807) is 6.20 Å². The molecule has 0 aliphatic heterocycles. The Labute approximate surface area is 258 Å². The molecule has 238 valence electrons. The zero-order valence-electron chi connectivity index (χ0n) is 24.4. The van der Waals surface area contributed by atoms with E-state index in [0.29, 0.717) is 24.4 Å². The molecular formula is C28H40N10O5S. The third-order valence-electron chi connectivity index (χ3n) is 6.87. The first-order valence-corrected chi connectivity index (χ1v) is 15.4. The number of guanidine groups is 1. The number of benzene rings is 1. The number of carbonyl (C=O) groups is 4. The molecule has 3 rings (SSSR count). The summed E-state index contributed by atoms with van der Waals surface area (Å²) in [6.07, 6.45) is 7.52. The van der Waals surface area contributed by atoms with Crippen LogP contribution in [0.15, 0.2) is 48.0 Å². The summed E-state index contributed by atoms with van der Waals surface area (Å²) in [6, 6.07) is 3.14. The Morgan fingerprint density at radius 3 is 2.32 bits per heavy atom. The van der Waals surface area contributed by atoms with Crippen LogP contribution in [0.25, 0.3) is 10.9 Å². The molecule has 0 aliphatic carbocycles. The molecule has 0 spiro atoms. The fourth-order valence-electron chi connectivity index (χ4n) is 4.52. The summed E-state index contributed by atoms with van der Waals surface area (Å²) in [7, 11) is 0. The predicted molar refractivity (Wildman–Crippen MR) is 169 cm³/mol. The van der Waals surface area contributed by atoms with Gasteiger partial charge in [0.2, 0.25) is 17.7 Å². The number of hydrogen-bond donors (Lipinski definition) is 9. The van der Waals surface area contributed by atoms with Crippen LogP contribution in [0.4, 0.5) is 0 Å². The SMILES string of the molecule is CSCCC(NC(=O)C(Cc1cnc[nH]1)NC(=O)C(Cc1c[nH]c2ccccc12)NC(=O)C(N)CCCN=C(N)N)C(=O)O. The van der Waals surface area contributed by atoms with E-state index in [1.807, 2.05) is 30.5 Å². The van der Waals surface area contributed by atoms with Gasteiger partial charge in [0, 0.05) is 48.4 Å². The topological polar surface area (TPSA) is 259 Å². The molecule has 3 amide bonds. The number of aliphatic imine (C=N–C) groups is 1. The molecule has 0 saturated heterocycles. The Bertz CT molecular complexity index is 1420. The molecular weight excluding hydrogens is 588 g/mol. The van der Waals surface area contributed by atoms with Crippen molar-refractivity contribution in [1.82, 2.24) is 30.9 Å². The number of nitrogens with two attached hydrogens (primary N) is 3. The molecule has 0 fully saturated rings. The van der Waals surface area contributed by atoms with E-state index >= 15 is 0 Å². The van der Waals surface area contributed by atoms with Crippen molar-refractivity contribution in [2.24, 2.45) is 22.2 Å². The normalized spacial score (nSPS) is 13.8. The van der Waals surface area contributed by atoms with Crippen molar-refractivity contribution in [3.63, 3.8) is 0 Å². The Kier molecular flexibility index (Phi) is 13.0. The van der Waals surface area contributed by atoms with Gasteiger partial charge in [0.05, 0.1) is 12.4 Å². The number of para-hydroxylation sites is 1. The molecule has 4 unspecified atom stereocenters. The summed E-state index contributed by atoms with van der Waals surface area (Å²) < 4.78 is 0. The number of imidazole rings is 1. The minimum Gasteiger partial charge on any atom is -0.480 e. The molecule has 0 radical (unpaired) electrons. The highest BCUT2D eigenvalue weighted by atomic mass is 32.2. The van der Waals surface area contributed by atoms with Gasteiger partial charge in [-0.2, -0.15) is 11.8 Å². The van der Waals surface area contributed by atoms with Crippen molar-refractivity contribution in [1.29, 1.82) is 0 Å². The number of nitrogens with zero attached hydrogens (tertiary/aromatic N) is 2. The predicted octanol–water partition coefficient (Wildman–Crippen LogP) is -0.651. The third-order valence-corrected chi connectivity index (χ3v) is 7.52. The number of hydrogen-bond acceptors (Lipinski definition) is 8. The van der Waals surface area contributed by atoms with Crippen LogP contribution in [0.1, 0.15) is 30.5 Å². The molecule has 0 saturated carbocycles. The average Bonchev–Trinajstić information content (AvgIpc) is 3.66. The van der Waals surface area contributed by atoms with Gasteiger partial charge in [0.1, 0.15) is 18.1 Å². The number of fused-ring (bicyclic) bond motifs is 1. The van der Waals surface area contributed by atoms with Gasteiger partial charge in [-0.15, -0.1) is 0 Å². The molecule has 0 bridgehead atoms. The summed E-state index contributed by atoms with van der Waals surface area (Å²) in [5.41, 5.74) is 19.0. The van der Waals surface area contributed by atoms with E-state index in [0.717, 1.165) is 16.5 Å². The minimum absolute atomic E-state index is 0.00446. The second-order valence-corrected chi connectivity index (χ2v) is 11.2. The van der Waals surface area contributed by atoms with Gasteiger partial charge >= 0.3 is 5.97 Å². The quantitative estimate of drug-likeness (QED) is 0.0488. The number of amides is 3. The van der Waals surface area contributed by atoms with Crippen LogP contribution in [0.5, 0.6) is 0 Å². The fourth-order valence-corrected chi connectivity index (χ4v) is 4.99. The Morgan fingerprint density at radius 2 is 1.66 bits per heavy atom. The van der Waals surface area contributed by atoms with Crippen LogP contribution < -0.4 is 33.2 Å². The van der Waals surface area contributed by atoms with Crippen LogP contribution in [0.2, 0.25) is 0 Å². The Morgan fingerprint density at radius 1 is 0.977 bits per heavy atom. The molecule has 0 aliphatic rings. The lowest BCUT2D eigenvalue weighted by Gasteiger charge is -2.25. The maximum absolute atomic E-state index is 13.8. The highest BCUT2D eigenvalue weighted by Crippen LogP contribution is 2.19. The van der Waals surface area contributed by atoms with E-state index in [1.165, 1.54) is 24.3 Å². The largest absolute Gasteiger partial charge is 0.480 e. The second-order valence-electron chi connectivity index (χ2n) is 10.2. The molecule has 2 aromatic heterocycles. The first kappa shape index (κ1) is 33.9. The van der Waals surface area contributed by atoms with Gasteiger partial charge in [0.25, 0.3) is 0 Å². The maximum atomic E-state index is 13.8. The highest BCUT2D eigenvalue weighted by molar-refractivity contribution is 7.98. The number of aromatic nitrogens is 3. The number of aliphatic carboxylic acids is 1. The Hall–Kier alpha value is -4.57. The summed E-state index contributed by atoms with van der Waals surface area (Å²) in [4.78, 5) is 65.9. The molecule has 3 aromatic rings. The number of carbonyl (C=O) groups excluding carboxylic acids is 3. The maximum Gasteiger partial charge on any atom is 0.326 e. The van der Waals surface area contributed by atoms with Gasteiger partial charge in [0.15, 0.2) is 5.96 Å². The summed E-state index contributed by atoms with van der Waals surface area (Å²) in [5, 5.41) is 18.5. The molecule has 15 nitrogen and oxygen atoms in total. The highest BCUT2D eigenvalue weighted by Gasteiger charge is 2.31. The average molecular weight is 629 g/mol. The molecule has 4 atom stereocenters. The molecule has 44 heavy (non-hydrogen) atoms. The van der Waals surface area contributed by atoms with Crippen molar-refractivity contribution in [2.75, 3.05) is 18.6 Å². The first-order chi connectivity index (χ1) is 21.1. The van der Waals surface area contributed by atoms with E-state index < -0.39 is 47.9 Å². The van der Waals surface area contributed by atoms with Crippen molar-refractivity contribution >= 4 is 52.3 Å². The zero-order chi connectivity index (χ0) is 32.1. The minimum atomic E-state index is -1.18. The second kappa shape index (κ2) is 16.9. The number of carboxylic acid groups (broad SMARTS) is 1. The molecule has 12 N–H and O–H groups in total. The van der Waals surface area contributed by atoms with Crippen molar-refractivity contribution in [2.45, 2.75) is 56.3 Å². The lowest BCUT2D eigenvalue weighted by atomic mass is 10.0. The van der Waals surface area contributed by atoms with Crippen LogP contribution >= 0.6 is 11.8 Å². The zero-order valence-corrected chi connectivity index (χ0v) is 25.2. The van der Waals surface area contributed by atoms with E-state index in [4.69, 9.17) is 17.2 Å². The molecule has 1 aromatic carbocycles. The van der Waals surface area contributed by atoms with Crippen molar-refractivity contribution in [3.8, 4) is 0 Å². The number of carboxylic acids is 1. The van der Waals surface area contributed by atoms with Crippen LogP contribution in [-0.4, -0.2) is 92.4 Å². The van der Waals surface area contributed by atoms with Crippen LogP contribution in [-0.2, 0) is 32.0 Å². The van der Waals surface area contributed by atoms with Gasteiger partial charge in [-0.25, -0.2) is 9.78 Å². The number of nitrogens with one attached hydrogen (secondary N) is 5. The number of thioether (sulfide) groups is 1. The number of H-pyrrole nitrogens is 2. The fraction of sp³-hybridized carbons (Fsp3) is 0.429. The van der Waals surface area contributed by atoms with Crippen molar-refractivity contribution < 1.29 is 24.3 Å². The lowest BCUT2D eigenvalue weighted by Crippen LogP contribution is -2.58. The van der Waals surface area contributed by atoms with Gasteiger partial charge in [-0.1, -0.05) is 18.2 Å². The van der Waals surface area contributed by atoms with Gasteiger partial charge in [-0.05, 0) is 42.9 Å². The monoisotopic (exact) mass is 628 g/mol. The van der Waals surface area contributed by atoms with Crippen LogP contribution in [0.3, 0.4) is 0 Å². The smallest absolute Gasteiger partial charge is 0.326 e. The van der Waals surface area contributed by atoms with E-state index in [9.17, 15) is 24.3 Å². The van der Waals surface area contributed by atoms with E-state index in [2.05, 4.69) is 35.9 Å². The standard InChI is InChI=1S/C28H40N10O5S/c1-44-10-8-21(27(42)43)36-26(41)23(12-17-14-32-15-35-17)38-25(40)22(11-16-13-34-20-7-3-2-5-18(16)20)37-24(39)19(29)6-4-9-33-28(30)31/h2-3,5,7,13-15,19,21-23,34H,4,6,8-12,29H2,1H3,(H,32,35)(H,36,41)(H,37,39)(H,38,40)(H,42,43)(H4,30,31,33). The molecule has 2 heterocycles. The summed E-state index contributed by atoms with van der Waals surface area (Å²) >= 11 is 1.45. The van der Waals surface area contributed by atoms with E-state index in [-0.39, 0.29) is 31.6 Å². The Balaban J connectivity index is 1.82.